The van der Waals surface area contributed by atoms with E-state index in [1.165, 1.54) is 6.42 Å². The highest BCUT2D eigenvalue weighted by molar-refractivity contribution is 5.97. The van der Waals surface area contributed by atoms with E-state index < -0.39 is 0 Å². The molecule has 4 nitrogen and oxygen atoms in total. The van der Waals surface area contributed by atoms with E-state index in [-0.39, 0.29) is 5.91 Å². The molecule has 18 heavy (non-hydrogen) atoms. The number of rotatable bonds is 4. The van der Waals surface area contributed by atoms with Gasteiger partial charge in [0.05, 0.1) is 12.7 Å². The second kappa shape index (κ2) is 4.88. The van der Waals surface area contributed by atoms with E-state index in [2.05, 4.69) is 6.92 Å². The van der Waals surface area contributed by atoms with Crippen LogP contribution >= 0.6 is 0 Å². The lowest BCUT2D eigenvalue weighted by atomic mass is 10.1. The van der Waals surface area contributed by atoms with E-state index >= 15 is 0 Å². The lowest BCUT2D eigenvalue weighted by Crippen LogP contribution is -2.29. The minimum Gasteiger partial charge on any atom is -0.496 e. The van der Waals surface area contributed by atoms with E-state index in [1.54, 1.807) is 30.2 Å². The molecule has 0 aliphatic heterocycles. The standard InChI is InChI=1S/C14H20N2O2/c1-9-6-10(9)8-16(2)14(17)12-7-11(15)4-5-13(12)18-3/h4-5,7,9-10H,6,8,15H2,1-3H3. The topological polar surface area (TPSA) is 55.6 Å². The third kappa shape index (κ3) is 2.58. The van der Waals surface area contributed by atoms with Crippen LogP contribution in [-0.2, 0) is 0 Å². The molecule has 0 saturated heterocycles. The van der Waals surface area contributed by atoms with E-state index in [0.717, 1.165) is 12.5 Å². The Labute approximate surface area is 108 Å². The molecule has 0 aromatic heterocycles. The van der Waals surface area contributed by atoms with Crippen molar-refractivity contribution < 1.29 is 9.53 Å². The largest absolute Gasteiger partial charge is 0.496 e. The van der Waals surface area contributed by atoms with Crippen LogP contribution in [0, 0.1) is 11.8 Å². The predicted molar refractivity (Wildman–Crippen MR) is 71.6 cm³/mol. The van der Waals surface area contributed by atoms with Crippen LogP contribution in [0.2, 0.25) is 0 Å². The molecule has 2 atom stereocenters. The van der Waals surface area contributed by atoms with Crippen LogP contribution in [0.15, 0.2) is 18.2 Å². The van der Waals surface area contributed by atoms with E-state index in [0.29, 0.717) is 22.9 Å². The number of carbonyl (C=O) groups is 1. The van der Waals surface area contributed by atoms with Gasteiger partial charge in [0, 0.05) is 19.3 Å². The number of nitrogen functional groups attached to an aromatic ring is 1. The molecule has 1 fully saturated rings. The first-order valence-electron chi connectivity index (χ1n) is 6.22. The summed E-state index contributed by atoms with van der Waals surface area (Å²) in [6, 6.07) is 5.14. The quantitative estimate of drug-likeness (QED) is 0.829. The Morgan fingerprint density at radius 1 is 1.56 bits per heavy atom. The second-order valence-electron chi connectivity index (χ2n) is 5.12. The van der Waals surface area contributed by atoms with Crippen molar-refractivity contribution in [1.82, 2.24) is 4.90 Å². The molecule has 0 radical (unpaired) electrons. The van der Waals surface area contributed by atoms with E-state index in [4.69, 9.17) is 10.5 Å². The zero-order valence-corrected chi connectivity index (χ0v) is 11.1. The monoisotopic (exact) mass is 248 g/mol. The van der Waals surface area contributed by atoms with Gasteiger partial charge in [-0.25, -0.2) is 0 Å². The van der Waals surface area contributed by atoms with Crippen LogP contribution in [0.1, 0.15) is 23.7 Å². The lowest BCUT2D eigenvalue weighted by Gasteiger charge is -2.19. The summed E-state index contributed by atoms with van der Waals surface area (Å²) in [6.45, 7) is 3.02. The highest BCUT2D eigenvalue weighted by Gasteiger charge is 2.34. The van der Waals surface area contributed by atoms with Gasteiger partial charge < -0.3 is 15.4 Å². The van der Waals surface area contributed by atoms with E-state index in [1.807, 2.05) is 7.05 Å². The molecular formula is C14H20N2O2. The number of benzene rings is 1. The van der Waals surface area contributed by atoms with Gasteiger partial charge >= 0.3 is 0 Å². The van der Waals surface area contributed by atoms with Gasteiger partial charge in [-0.15, -0.1) is 0 Å². The fraction of sp³-hybridized carbons (Fsp3) is 0.500. The number of ether oxygens (including phenoxy) is 1. The number of hydrogen-bond donors (Lipinski definition) is 1. The molecule has 98 valence electrons. The summed E-state index contributed by atoms with van der Waals surface area (Å²) >= 11 is 0. The number of anilines is 1. The molecule has 1 aliphatic rings. The molecule has 2 rings (SSSR count). The van der Waals surface area contributed by atoms with Crippen molar-refractivity contribution in [3.8, 4) is 5.75 Å². The van der Waals surface area contributed by atoms with Crippen molar-refractivity contribution in [2.45, 2.75) is 13.3 Å². The molecule has 2 unspecified atom stereocenters. The van der Waals surface area contributed by atoms with Crippen molar-refractivity contribution in [3.63, 3.8) is 0 Å². The first-order valence-corrected chi connectivity index (χ1v) is 6.22. The number of amides is 1. The summed E-state index contributed by atoms with van der Waals surface area (Å²) in [6.07, 6.45) is 1.21. The van der Waals surface area contributed by atoms with Crippen molar-refractivity contribution >= 4 is 11.6 Å². The summed E-state index contributed by atoms with van der Waals surface area (Å²) in [5.74, 6) is 1.93. The molecular weight excluding hydrogens is 228 g/mol. The Hall–Kier alpha value is -1.71. The average molecular weight is 248 g/mol. The summed E-state index contributed by atoms with van der Waals surface area (Å²) in [5.41, 5.74) is 6.84. The predicted octanol–water partition coefficient (Wildman–Crippen LogP) is 2.01. The van der Waals surface area contributed by atoms with Gasteiger partial charge in [0.1, 0.15) is 5.75 Å². The second-order valence-corrected chi connectivity index (χ2v) is 5.12. The summed E-state index contributed by atoms with van der Waals surface area (Å²) < 4.78 is 5.21. The zero-order valence-electron chi connectivity index (χ0n) is 11.1. The summed E-state index contributed by atoms with van der Waals surface area (Å²) in [7, 11) is 3.39. The number of hydrogen-bond acceptors (Lipinski definition) is 3. The van der Waals surface area contributed by atoms with Crippen molar-refractivity contribution in [2.24, 2.45) is 11.8 Å². The molecule has 1 aromatic carbocycles. The van der Waals surface area contributed by atoms with Gasteiger partial charge in [-0.05, 0) is 36.5 Å². The Morgan fingerprint density at radius 3 is 2.78 bits per heavy atom. The molecule has 1 amide bonds. The number of nitrogens with zero attached hydrogens (tertiary/aromatic N) is 1. The molecule has 1 aromatic rings. The summed E-state index contributed by atoms with van der Waals surface area (Å²) in [4.78, 5) is 14.1. The van der Waals surface area contributed by atoms with Crippen LogP contribution in [0.4, 0.5) is 5.69 Å². The first-order chi connectivity index (χ1) is 8.52. The fourth-order valence-corrected chi connectivity index (χ4v) is 2.19. The maximum atomic E-state index is 12.3. The van der Waals surface area contributed by atoms with Gasteiger partial charge in [-0.1, -0.05) is 6.92 Å². The van der Waals surface area contributed by atoms with Gasteiger partial charge in [-0.3, -0.25) is 4.79 Å². The lowest BCUT2D eigenvalue weighted by molar-refractivity contribution is 0.0783. The first kappa shape index (κ1) is 12.7. The summed E-state index contributed by atoms with van der Waals surface area (Å²) in [5, 5.41) is 0. The minimum absolute atomic E-state index is 0.0294. The Kier molecular flexibility index (Phi) is 3.45. The third-order valence-electron chi connectivity index (χ3n) is 3.59. The normalized spacial score (nSPS) is 21.5. The van der Waals surface area contributed by atoms with Crippen LogP contribution in [0.25, 0.3) is 0 Å². The van der Waals surface area contributed by atoms with Crippen LogP contribution in [0.3, 0.4) is 0 Å². The van der Waals surface area contributed by atoms with Crippen LogP contribution in [-0.4, -0.2) is 31.5 Å². The maximum absolute atomic E-state index is 12.3. The van der Waals surface area contributed by atoms with E-state index in [9.17, 15) is 4.79 Å². The molecule has 1 saturated carbocycles. The Morgan fingerprint density at radius 2 is 2.22 bits per heavy atom. The SMILES string of the molecule is COc1ccc(N)cc1C(=O)N(C)CC1CC1C. The molecule has 4 heteroatoms. The Balaban J connectivity index is 2.14. The van der Waals surface area contributed by atoms with Crippen LogP contribution < -0.4 is 10.5 Å². The van der Waals surface area contributed by atoms with Gasteiger partial charge in [0.2, 0.25) is 0 Å². The fourth-order valence-electron chi connectivity index (χ4n) is 2.19. The zero-order chi connectivity index (χ0) is 13.3. The maximum Gasteiger partial charge on any atom is 0.257 e. The highest BCUT2D eigenvalue weighted by Crippen LogP contribution is 2.38. The molecule has 0 spiro atoms. The van der Waals surface area contributed by atoms with Gasteiger partial charge in [-0.2, -0.15) is 0 Å². The number of nitrogens with two attached hydrogens (primary N) is 1. The Bertz CT molecular complexity index is 459. The van der Waals surface area contributed by atoms with Crippen molar-refractivity contribution in [3.05, 3.63) is 23.8 Å². The third-order valence-corrected chi connectivity index (χ3v) is 3.59. The number of carbonyl (C=O) groups excluding carboxylic acids is 1. The smallest absolute Gasteiger partial charge is 0.257 e. The molecule has 0 heterocycles. The van der Waals surface area contributed by atoms with Crippen molar-refractivity contribution in [1.29, 1.82) is 0 Å². The van der Waals surface area contributed by atoms with Crippen LogP contribution in [0.5, 0.6) is 5.75 Å². The minimum atomic E-state index is -0.0294. The average Bonchev–Trinajstić information content (AvgIpc) is 3.03. The molecule has 0 bridgehead atoms. The molecule has 1 aliphatic carbocycles. The van der Waals surface area contributed by atoms with Gasteiger partial charge in [0.15, 0.2) is 0 Å². The van der Waals surface area contributed by atoms with Gasteiger partial charge in [0.25, 0.3) is 5.91 Å². The highest BCUT2D eigenvalue weighted by atomic mass is 16.5. The molecule has 2 N–H and O–H groups in total. The number of methoxy groups -OCH3 is 1. The van der Waals surface area contributed by atoms with Crippen molar-refractivity contribution in [2.75, 3.05) is 26.4 Å².